The van der Waals surface area contributed by atoms with Gasteiger partial charge in [-0.3, -0.25) is 9.59 Å². The van der Waals surface area contributed by atoms with Gasteiger partial charge in [0.2, 0.25) is 11.8 Å². The van der Waals surface area contributed by atoms with E-state index < -0.39 is 6.04 Å². The van der Waals surface area contributed by atoms with Gasteiger partial charge in [0.1, 0.15) is 17.5 Å². The number of aromatic hydroxyl groups is 1. The van der Waals surface area contributed by atoms with Crippen molar-refractivity contribution < 1.29 is 19.4 Å². The summed E-state index contributed by atoms with van der Waals surface area (Å²) in [6.45, 7) is 2.86. The van der Waals surface area contributed by atoms with Gasteiger partial charge in [-0.2, -0.15) is 0 Å². The van der Waals surface area contributed by atoms with E-state index in [1.165, 1.54) is 0 Å². The van der Waals surface area contributed by atoms with Crippen LogP contribution in [0.3, 0.4) is 0 Å². The molecule has 2 amide bonds. The largest absolute Gasteiger partial charge is 0.508 e. The summed E-state index contributed by atoms with van der Waals surface area (Å²) < 4.78 is 5.56. The Morgan fingerprint density at radius 3 is 2.26 bits per heavy atom. The zero-order chi connectivity index (χ0) is 23.9. The third kappa shape index (κ3) is 5.95. The summed E-state index contributed by atoms with van der Waals surface area (Å²) in [5.74, 6) is 0.562. The molecule has 176 valence electrons. The number of nitrogens with one attached hydrogen (secondary N) is 1. The first-order chi connectivity index (χ1) is 16.5. The first-order valence-corrected chi connectivity index (χ1v) is 11.7. The van der Waals surface area contributed by atoms with E-state index in [-0.39, 0.29) is 30.0 Å². The molecule has 2 N–H and O–H groups in total. The summed E-state index contributed by atoms with van der Waals surface area (Å²) in [5.41, 5.74) is 2.54. The Hall–Kier alpha value is -3.80. The number of hydrogen-bond acceptors (Lipinski definition) is 4. The Morgan fingerprint density at radius 1 is 0.971 bits per heavy atom. The van der Waals surface area contributed by atoms with Crippen molar-refractivity contribution in [3.63, 3.8) is 0 Å². The van der Waals surface area contributed by atoms with E-state index >= 15 is 0 Å². The Kier molecular flexibility index (Phi) is 7.48. The lowest BCUT2D eigenvalue weighted by Crippen LogP contribution is -2.45. The van der Waals surface area contributed by atoms with E-state index in [1.54, 1.807) is 29.2 Å². The molecule has 1 aliphatic rings. The predicted molar refractivity (Wildman–Crippen MR) is 130 cm³/mol. The highest BCUT2D eigenvalue weighted by Crippen LogP contribution is 2.36. The smallest absolute Gasteiger partial charge is 0.247 e. The van der Waals surface area contributed by atoms with E-state index in [0.717, 1.165) is 35.3 Å². The summed E-state index contributed by atoms with van der Waals surface area (Å²) in [6.07, 6.45) is 1.91. The standard InChI is InChI=1S/C28H30N2O4/c1-2-34-25-16-10-22(11-17-25)27(28(33)29-19-21-6-4-3-5-7-21)30(23-12-13-23)26(32)18-20-8-14-24(31)15-9-20/h3-11,14-17,23,27,31H,2,12-13,18-19H2,1H3,(H,29,33). The summed E-state index contributed by atoms with van der Waals surface area (Å²) in [4.78, 5) is 28.8. The molecule has 0 aromatic heterocycles. The van der Waals surface area contributed by atoms with Crippen molar-refractivity contribution >= 4 is 11.8 Å². The zero-order valence-electron chi connectivity index (χ0n) is 19.3. The molecule has 0 saturated heterocycles. The van der Waals surface area contributed by atoms with E-state index in [2.05, 4.69) is 5.32 Å². The number of phenols is 1. The maximum Gasteiger partial charge on any atom is 0.247 e. The number of benzene rings is 3. The van der Waals surface area contributed by atoms with Gasteiger partial charge in [-0.1, -0.05) is 54.6 Å². The Balaban J connectivity index is 1.60. The van der Waals surface area contributed by atoms with Gasteiger partial charge in [-0.15, -0.1) is 0 Å². The third-order valence-corrected chi connectivity index (χ3v) is 5.86. The van der Waals surface area contributed by atoms with Crippen molar-refractivity contribution in [3.05, 3.63) is 95.6 Å². The Morgan fingerprint density at radius 2 is 1.65 bits per heavy atom. The topological polar surface area (TPSA) is 78.9 Å². The fraction of sp³-hybridized carbons (Fsp3) is 0.286. The van der Waals surface area contributed by atoms with Crippen LogP contribution in [0.1, 0.15) is 42.5 Å². The number of nitrogens with zero attached hydrogens (tertiary/aromatic N) is 1. The molecule has 1 atom stereocenters. The van der Waals surface area contributed by atoms with Crippen LogP contribution in [0, 0.1) is 0 Å². The third-order valence-electron chi connectivity index (χ3n) is 5.86. The predicted octanol–water partition coefficient (Wildman–Crippen LogP) is 4.38. The maximum atomic E-state index is 13.5. The fourth-order valence-corrected chi connectivity index (χ4v) is 4.02. The molecule has 0 heterocycles. The number of rotatable bonds is 10. The van der Waals surface area contributed by atoms with Gasteiger partial charge in [0.05, 0.1) is 13.0 Å². The quantitative estimate of drug-likeness (QED) is 0.473. The average molecular weight is 459 g/mol. The van der Waals surface area contributed by atoms with Crippen LogP contribution in [-0.4, -0.2) is 34.5 Å². The van der Waals surface area contributed by atoms with Gasteiger partial charge in [0, 0.05) is 12.6 Å². The molecule has 0 bridgehead atoms. The molecule has 3 aromatic rings. The van der Waals surface area contributed by atoms with Gasteiger partial charge >= 0.3 is 0 Å². The normalized spacial score (nSPS) is 13.7. The van der Waals surface area contributed by atoms with Crippen LogP contribution in [0.2, 0.25) is 0 Å². The van der Waals surface area contributed by atoms with Gasteiger partial charge in [0.25, 0.3) is 0 Å². The van der Waals surface area contributed by atoms with Gasteiger partial charge < -0.3 is 20.1 Å². The van der Waals surface area contributed by atoms with E-state index in [4.69, 9.17) is 4.74 Å². The van der Waals surface area contributed by atoms with Crippen LogP contribution in [0.5, 0.6) is 11.5 Å². The lowest BCUT2D eigenvalue weighted by molar-refractivity contribution is -0.141. The molecule has 34 heavy (non-hydrogen) atoms. The number of amides is 2. The maximum absolute atomic E-state index is 13.5. The molecular weight excluding hydrogens is 428 g/mol. The minimum absolute atomic E-state index is 0.0312. The molecule has 3 aromatic carbocycles. The van der Waals surface area contributed by atoms with Crippen LogP contribution in [0.4, 0.5) is 0 Å². The highest BCUT2D eigenvalue weighted by Gasteiger charge is 2.41. The van der Waals surface area contributed by atoms with Crippen LogP contribution in [-0.2, 0) is 22.6 Å². The monoisotopic (exact) mass is 458 g/mol. The minimum atomic E-state index is -0.739. The average Bonchev–Trinajstić information content (AvgIpc) is 3.69. The summed E-state index contributed by atoms with van der Waals surface area (Å²) in [7, 11) is 0. The molecule has 6 nitrogen and oxygen atoms in total. The van der Waals surface area contributed by atoms with Crippen molar-refractivity contribution in [2.45, 2.75) is 44.8 Å². The van der Waals surface area contributed by atoms with Crippen molar-refractivity contribution in [2.24, 2.45) is 0 Å². The first kappa shape index (κ1) is 23.4. The summed E-state index contributed by atoms with van der Waals surface area (Å²) in [6, 6.07) is 23.0. The molecule has 1 fully saturated rings. The minimum Gasteiger partial charge on any atom is -0.508 e. The first-order valence-electron chi connectivity index (χ1n) is 11.7. The van der Waals surface area contributed by atoms with E-state index in [0.29, 0.717) is 13.2 Å². The van der Waals surface area contributed by atoms with E-state index in [9.17, 15) is 14.7 Å². The lowest BCUT2D eigenvalue weighted by Gasteiger charge is -2.32. The van der Waals surface area contributed by atoms with Gasteiger partial charge in [-0.25, -0.2) is 0 Å². The van der Waals surface area contributed by atoms with Gasteiger partial charge in [-0.05, 0) is 60.7 Å². The number of phenolic OH excluding ortho intramolecular Hbond substituents is 1. The molecule has 6 heteroatoms. The SMILES string of the molecule is CCOc1ccc(C(C(=O)NCc2ccccc2)N(C(=O)Cc2ccc(O)cc2)C2CC2)cc1. The molecule has 0 aliphatic heterocycles. The summed E-state index contributed by atoms with van der Waals surface area (Å²) >= 11 is 0. The second-order valence-electron chi connectivity index (χ2n) is 8.48. The number of hydrogen-bond donors (Lipinski definition) is 2. The molecule has 4 rings (SSSR count). The fourth-order valence-electron chi connectivity index (χ4n) is 4.02. The van der Waals surface area contributed by atoms with Crippen LogP contribution < -0.4 is 10.1 Å². The lowest BCUT2D eigenvalue weighted by atomic mass is 10.0. The molecule has 1 unspecified atom stereocenters. The molecular formula is C28H30N2O4. The molecule has 1 aliphatic carbocycles. The van der Waals surface area contributed by atoms with Crippen molar-refractivity contribution in [1.82, 2.24) is 10.2 Å². The van der Waals surface area contributed by atoms with Crippen LogP contribution in [0.25, 0.3) is 0 Å². The molecule has 0 spiro atoms. The second-order valence-corrected chi connectivity index (χ2v) is 8.48. The van der Waals surface area contributed by atoms with Crippen molar-refractivity contribution in [1.29, 1.82) is 0 Å². The van der Waals surface area contributed by atoms with Crippen LogP contribution in [0.15, 0.2) is 78.9 Å². The second kappa shape index (κ2) is 10.9. The Bertz CT molecular complexity index is 1090. The van der Waals surface area contributed by atoms with Crippen molar-refractivity contribution in [2.75, 3.05) is 6.61 Å². The van der Waals surface area contributed by atoms with Gasteiger partial charge in [0.15, 0.2) is 0 Å². The van der Waals surface area contributed by atoms with Crippen LogP contribution >= 0.6 is 0 Å². The molecule has 0 radical (unpaired) electrons. The highest BCUT2D eigenvalue weighted by atomic mass is 16.5. The van der Waals surface area contributed by atoms with Crippen molar-refractivity contribution in [3.8, 4) is 11.5 Å². The highest BCUT2D eigenvalue weighted by molar-refractivity contribution is 5.90. The number of carbonyl (C=O) groups is 2. The summed E-state index contributed by atoms with van der Waals surface area (Å²) in [5, 5.41) is 12.6. The number of ether oxygens (including phenoxy) is 1. The molecule has 1 saturated carbocycles. The number of carbonyl (C=O) groups excluding carboxylic acids is 2. The zero-order valence-corrected chi connectivity index (χ0v) is 19.3. The Labute approximate surface area is 200 Å². The van der Waals surface area contributed by atoms with E-state index in [1.807, 2.05) is 61.5 Å².